The van der Waals surface area contributed by atoms with Crippen LogP contribution in [0.2, 0.25) is 0 Å². The Hall–Kier alpha value is -1.13. The zero-order valence-corrected chi connectivity index (χ0v) is 12.4. The van der Waals surface area contributed by atoms with Gasteiger partial charge in [0.25, 0.3) is 0 Å². The SMILES string of the molecule is COc1ccc(CN2CCNC3(CCCCC3)C2)cn1. The lowest BCUT2D eigenvalue weighted by Gasteiger charge is -2.46. The topological polar surface area (TPSA) is 37.4 Å². The number of hydrogen-bond donors (Lipinski definition) is 1. The van der Waals surface area contributed by atoms with Crippen molar-refractivity contribution < 1.29 is 4.74 Å². The molecule has 1 aliphatic heterocycles. The first-order chi connectivity index (χ1) is 9.80. The predicted molar refractivity (Wildman–Crippen MR) is 79.9 cm³/mol. The van der Waals surface area contributed by atoms with Crippen LogP contribution in [0.5, 0.6) is 5.88 Å². The van der Waals surface area contributed by atoms with Gasteiger partial charge in [0.15, 0.2) is 0 Å². The highest BCUT2D eigenvalue weighted by Gasteiger charge is 2.35. The van der Waals surface area contributed by atoms with Crippen molar-refractivity contribution in [2.24, 2.45) is 0 Å². The number of nitrogens with one attached hydrogen (secondary N) is 1. The molecular weight excluding hydrogens is 250 g/mol. The van der Waals surface area contributed by atoms with Gasteiger partial charge < -0.3 is 10.1 Å². The van der Waals surface area contributed by atoms with Crippen LogP contribution in [0.25, 0.3) is 0 Å². The van der Waals surface area contributed by atoms with Gasteiger partial charge in [-0.1, -0.05) is 25.3 Å². The molecule has 2 heterocycles. The summed E-state index contributed by atoms with van der Waals surface area (Å²) >= 11 is 0. The van der Waals surface area contributed by atoms with Crippen LogP contribution in [0.3, 0.4) is 0 Å². The van der Waals surface area contributed by atoms with Gasteiger partial charge in [0.05, 0.1) is 7.11 Å². The Bertz CT molecular complexity index is 420. The van der Waals surface area contributed by atoms with Crippen molar-refractivity contribution in [1.82, 2.24) is 15.2 Å². The summed E-state index contributed by atoms with van der Waals surface area (Å²) < 4.78 is 5.11. The van der Waals surface area contributed by atoms with E-state index in [9.17, 15) is 0 Å². The maximum atomic E-state index is 5.11. The van der Waals surface area contributed by atoms with Crippen LogP contribution in [0.4, 0.5) is 0 Å². The first-order valence-electron chi connectivity index (χ1n) is 7.76. The Balaban J connectivity index is 1.61. The lowest BCUT2D eigenvalue weighted by atomic mass is 9.80. The van der Waals surface area contributed by atoms with Gasteiger partial charge in [0.2, 0.25) is 5.88 Å². The minimum absolute atomic E-state index is 0.385. The van der Waals surface area contributed by atoms with E-state index >= 15 is 0 Å². The maximum Gasteiger partial charge on any atom is 0.212 e. The molecule has 0 amide bonds. The van der Waals surface area contributed by atoms with E-state index < -0.39 is 0 Å². The van der Waals surface area contributed by atoms with E-state index in [4.69, 9.17) is 4.74 Å². The van der Waals surface area contributed by atoms with E-state index in [1.807, 2.05) is 12.3 Å². The molecule has 1 aromatic heterocycles. The predicted octanol–water partition coefficient (Wildman–Crippen LogP) is 2.20. The van der Waals surface area contributed by atoms with Gasteiger partial charge in [0.1, 0.15) is 0 Å². The monoisotopic (exact) mass is 275 g/mol. The number of methoxy groups -OCH3 is 1. The number of aromatic nitrogens is 1. The molecule has 1 aliphatic carbocycles. The Kier molecular flexibility index (Phi) is 4.22. The van der Waals surface area contributed by atoms with Crippen molar-refractivity contribution in [1.29, 1.82) is 0 Å². The van der Waals surface area contributed by atoms with E-state index in [1.54, 1.807) is 7.11 Å². The average molecular weight is 275 g/mol. The van der Waals surface area contributed by atoms with Gasteiger partial charge in [-0.2, -0.15) is 0 Å². The second-order valence-electron chi connectivity index (χ2n) is 6.19. The molecule has 4 nitrogen and oxygen atoms in total. The Morgan fingerprint density at radius 2 is 2.15 bits per heavy atom. The van der Waals surface area contributed by atoms with Gasteiger partial charge in [-0.3, -0.25) is 4.90 Å². The minimum atomic E-state index is 0.385. The Morgan fingerprint density at radius 3 is 2.85 bits per heavy atom. The fourth-order valence-corrected chi connectivity index (χ4v) is 3.62. The molecule has 0 atom stereocenters. The number of pyridine rings is 1. The standard InChI is InChI=1S/C16H25N3O/c1-20-15-6-5-14(11-17-15)12-19-10-9-18-16(13-19)7-3-2-4-8-16/h5-6,11,18H,2-4,7-10,12-13H2,1H3. The largest absolute Gasteiger partial charge is 0.481 e. The Morgan fingerprint density at radius 1 is 1.30 bits per heavy atom. The van der Waals surface area contributed by atoms with Crippen molar-refractivity contribution in [3.05, 3.63) is 23.9 Å². The lowest BCUT2D eigenvalue weighted by molar-refractivity contribution is 0.0944. The summed E-state index contributed by atoms with van der Waals surface area (Å²) in [6.07, 6.45) is 8.78. The fraction of sp³-hybridized carbons (Fsp3) is 0.688. The molecule has 3 rings (SSSR count). The molecule has 1 aromatic rings. The van der Waals surface area contributed by atoms with Crippen molar-refractivity contribution in [3.63, 3.8) is 0 Å². The molecule has 1 saturated heterocycles. The van der Waals surface area contributed by atoms with Gasteiger partial charge in [0, 0.05) is 44.0 Å². The van der Waals surface area contributed by atoms with Crippen LogP contribution < -0.4 is 10.1 Å². The molecule has 110 valence electrons. The smallest absolute Gasteiger partial charge is 0.212 e. The summed E-state index contributed by atoms with van der Waals surface area (Å²) in [6, 6.07) is 4.08. The van der Waals surface area contributed by atoms with E-state index in [0.717, 1.165) is 19.6 Å². The van der Waals surface area contributed by atoms with Crippen molar-refractivity contribution in [2.45, 2.75) is 44.2 Å². The van der Waals surface area contributed by atoms with E-state index in [2.05, 4.69) is 21.3 Å². The van der Waals surface area contributed by atoms with Crippen molar-refractivity contribution >= 4 is 0 Å². The summed E-state index contributed by atoms with van der Waals surface area (Å²) in [5.41, 5.74) is 1.66. The van der Waals surface area contributed by atoms with E-state index in [-0.39, 0.29) is 0 Å². The Labute approximate surface area is 121 Å². The van der Waals surface area contributed by atoms with Crippen LogP contribution >= 0.6 is 0 Å². The third-order valence-corrected chi connectivity index (χ3v) is 4.68. The van der Waals surface area contributed by atoms with Crippen LogP contribution in [0.1, 0.15) is 37.7 Å². The van der Waals surface area contributed by atoms with Crippen molar-refractivity contribution in [2.75, 3.05) is 26.7 Å². The molecule has 4 heteroatoms. The summed E-state index contributed by atoms with van der Waals surface area (Å²) in [5.74, 6) is 0.692. The van der Waals surface area contributed by atoms with Crippen LogP contribution in [-0.2, 0) is 6.54 Å². The molecule has 2 fully saturated rings. The quantitative estimate of drug-likeness (QED) is 0.917. The highest BCUT2D eigenvalue weighted by Crippen LogP contribution is 2.31. The van der Waals surface area contributed by atoms with Gasteiger partial charge in [-0.05, 0) is 18.4 Å². The molecule has 0 unspecified atom stereocenters. The number of piperazine rings is 1. The number of nitrogens with zero attached hydrogens (tertiary/aromatic N) is 2. The molecule has 0 radical (unpaired) electrons. The van der Waals surface area contributed by atoms with E-state index in [1.165, 1.54) is 44.2 Å². The zero-order valence-electron chi connectivity index (χ0n) is 12.4. The summed E-state index contributed by atoms with van der Waals surface area (Å²) in [6.45, 7) is 4.43. The maximum absolute atomic E-state index is 5.11. The molecule has 0 bridgehead atoms. The van der Waals surface area contributed by atoms with Crippen molar-refractivity contribution in [3.8, 4) is 5.88 Å². The number of ether oxygens (including phenoxy) is 1. The minimum Gasteiger partial charge on any atom is -0.481 e. The van der Waals surface area contributed by atoms with Gasteiger partial charge >= 0.3 is 0 Å². The highest BCUT2D eigenvalue weighted by molar-refractivity contribution is 5.18. The van der Waals surface area contributed by atoms with E-state index in [0.29, 0.717) is 11.4 Å². The van der Waals surface area contributed by atoms with Crippen LogP contribution in [0, 0.1) is 0 Å². The first kappa shape index (κ1) is 13.8. The summed E-state index contributed by atoms with van der Waals surface area (Å²) in [5, 5.41) is 3.79. The molecule has 1 N–H and O–H groups in total. The number of rotatable bonds is 3. The zero-order chi connectivity index (χ0) is 13.8. The van der Waals surface area contributed by atoms with Gasteiger partial charge in [-0.25, -0.2) is 4.98 Å². The second-order valence-corrected chi connectivity index (χ2v) is 6.19. The molecule has 1 spiro atoms. The molecule has 20 heavy (non-hydrogen) atoms. The van der Waals surface area contributed by atoms with Gasteiger partial charge in [-0.15, -0.1) is 0 Å². The third kappa shape index (κ3) is 3.13. The first-order valence-corrected chi connectivity index (χ1v) is 7.76. The summed E-state index contributed by atoms with van der Waals surface area (Å²) in [7, 11) is 1.66. The van der Waals surface area contributed by atoms with Crippen LogP contribution in [0.15, 0.2) is 18.3 Å². The number of hydrogen-bond acceptors (Lipinski definition) is 4. The molecule has 1 saturated carbocycles. The van der Waals surface area contributed by atoms with Crippen LogP contribution in [-0.4, -0.2) is 42.2 Å². The second kappa shape index (κ2) is 6.10. The normalized spacial score (nSPS) is 22.9. The third-order valence-electron chi connectivity index (χ3n) is 4.68. The lowest BCUT2D eigenvalue weighted by Crippen LogP contribution is -2.60. The molecule has 2 aliphatic rings. The fourth-order valence-electron chi connectivity index (χ4n) is 3.62. The highest BCUT2D eigenvalue weighted by atomic mass is 16.5. The molecular formula is C16H25N3O. The summed E-state index contributed by atoms with van der Waals surface area (Å²) in [4.78, 5) is 6.88. The average Bonchev–Trinajstić information content (AvgIpc) is 2.49. The molecule has 0 aromatic carbocycles.